The quantitative estimate of drug-likeness (QED) is 0.611. The summed E-state index contributed by atoms with van der Waals surface area (Å²) in [5, 5.41) is 10.1. The molecule has 0 aliphatic carbocycles. The largest absolute Gasteiger partial charge is 0.507 e. The van der Waals surface area contributed by atoms with Gasteiger partial charge in [-0.3, -0.25) is 0 Å². The highest BCUT2D eigenvalue weighted by atomic mass is 16.6. The minimum absolute atomic E-state index is 0.0899. The Kier molecular flexibility index (Phi) is 3.58. The van der Waals surface area contributed by atoms with Gasteiger partial charge in [0.25, 0.3) is 5.76 Å². The number of aliphatic hydroxyl groups excluding tert-OH is 1. The first-order chi connectivity index (χ1) is 9.27. The third kappa shape index (κ3) is 2.30. The Balaban J connectivity index is 2.30. The normalized spacial score (nSPS) is 21.9. The highest BCUT2D eigenvalue weighted by Crippen LogP contribution is 2.33. The molecule has 2 aliphatic heterocycles. The molecule has 0 radical (unpaired) electrons. The number of carbonyl (C=O) groups excluding carboxylic acids is 2. The molecule has 0 aromatic heterocycles. The fourth-order valence-electron chi connectivity index (χ4n) is 2.32. The summed E-state index contributed by atoms with van der Waals surface area (Å²) in [5.41, 5.74) is -0.548. The Morgan fingerprint density at radius 3 is 2.65 bits per heavy atom. The van der Waals surface area contributed by atoms with Gasteiger partial charge in [-0.25, -0.2) is 9.59 Å². The SMILES string of the molecule is CCOC(=O)C1=C(O)C2CC[N+](C(=O)C(C)(C)C)=C2O1. The van der Waals surface area contributed by atoms with E-state index < -0.39 is 17.3 Å². The monoisotopic (exact) mass is 282 g/mol. The molecule has 2 heterocycles. The van der Waals surface area contributed by atoms with E-state index >= 15 is 0 Å². The van der Waals surface area contributed by atoms with Crippen molar-refractivity contribution in [1.29, 1.82) is 0 Å². The fraction of sp³-hybridized carbons (Fsp3) is 0.643. The first-order valence-electron chi connectivity index (χ1n) is 6.74. The minimum atomic E-state index is -0.699. The molecule has 2 rings (SSSR count). The van der Waals surface area contributed by atoms with Crippen molar-refractivity contribution < 1.29 is 28.7 Å². The van der Waals surface area contributed by atoms with E-state index in [1.54, 1.807) is 6.92 Å². The van der Waals surface area contributed by atoms with Crippen molar-refractivity contribution in [2.75, 3.05) is 13.2 Å². The molecule has 20 heavy (non-hydrogen) atoms. The highest BCUT2D eigenvalue weighted by molar-refractivity contribution is 5.97. The molecule has 110 valence electrons. The van der Waals surface area contributed by atoms with Crippen LogP contribution in [0.25, 0.3) is 0 Å². The second kappa shape index (κ2) is 4.92. The molecule has 1 N–H and O–H groups in total. The number of aliphatic hydroxyl groups is 1. The summed E-state index contributed by atoms with van der Waals surface area (Å²) in [5.74, 6) is -1.20. The third-order valence-corrected chi connectivity index (χ3v) is 3.32. The molecule has 0 saturated carbocycles. The second-order valence-corrected chi connectivity index (χ2v) is 5.92. The van der Waals surface area contributed by atoms with Crippen molar-refractivity contribution in [3.63, 3.8) is 0 Å². The van der Waals surface area contributed by atoms with Gasteiger partial charge in [-0.1, -0.05) is 0 Å². The van der Waals surface area contributed by atoms with E-state index in [2.05, 4.69) is 0 Å². The van der Waals surface area contributed by atoms with Crippen molar-refractivity contribution in [2.24, 2.45) is 11.3 Å². The number of fused-ring (bicyclic) bond motifs is 1. The summed E-state index contributed by atoms with van der Waals surface area (Å²) in [6.45, 7) is 7.81. The molecular formula is C14H20NO5+. The van der Waals surface area contributed by atoms with Crippen LogP contribution in [-0.4, -0.2) is 40.6 Å². The van der Waals surface area contributed by atoms with Crippen LogP contribution in [0.15, 0.2) is 11.5 Å². The summed E-state index contributed by atoms with van der Waals surface area (Å²) < 4.78 is 11.8. The lowest BCUT2D eigenvalue weighted by atomic mass is 9.95. The molecule has 0 fully saturated rings. The zero-order valence-electron chi connectivity index (χ0n) is 12.2. The van der Waals surface area contributed by atoms with Gasteiger partial charge < -0.3 is 14.6 Å². The van der Waals surface area contributed by atoms with Gasteiger partial charge >= 0.3 is 17.8 Å². The van der Waals surface area contributed by atoms with Crippen LogP contribution in [-0.2, 0) is 19.1 Å². The zero-order valence-corrected chi connectivity index (χ0v) is 12.2. The van der Waals surface area contributed by atoms with Crippen LogP contribution in [0.3, 0.4) is 0 Å². The van der Waals surface area contributed by atoms with E-state index in [1.807, 2.05) is 20.8 Å². The van der Waals surface area contributed by atoms with Crippen molar-refractivity contribution in [3.05, 3.63) is 11.5 Å². The topological polar surface area (TPSA) is 75.8 Å². The molecule has 1 atom stereocenters. The summed E-state index contributed by atoms with van der Waals surface area (Å²) in [6, 6.07) is 0. The van der Waals surface area contributed by atoms with Gasteiger partial charge in [0.1, 0.15) is 5.92 Å². The first-order valence-corrected chi connectivity index (χ1v) is 6.74. The Morgan fingerprint density at radius 1 is 1.45 bits per heavy atom. The maximum atomic E-state index is 12.3. The van der Waals surface area contributed by atoms with Gasteiger partial charge in [0.15, 0.2) is 12.3 Å². The Labute approximate surface area is 117 Å². The van der Waals surface area contributed by atoms with Crippen LogP contribution in [0.2, 0.25) is 0 Å². The number of hydrogen-bond acceptors (Lipinski definition) is 5. The highest BCUT2D eigenvalue weighted by Gasteiger charge is 2.51. The fourth-order valence-corrected chi connectivity index (χ4v) is 2.32. The number of rotatable bonds is 2. The van der Waals surface area contributed by atoms with Gasteiger partial charge in [-0.15, -0.1) is 4.58 Å². The molecule has 0 saturated heterocycles. The van der Waals surface area contributed by atoms with Gasteiger partial charge in [0.2, 0.25) is 0 Å². The second-order valence-electron chi connectivity index (χ2n) is 5.92. The summed E-state index contributed by atoms with van der Waals surface area (Å²) in [6.07, 6.45) is 0.548. The molecule has 1 amide bonds. The molecule has 0 bridgehead atoms. The first kappa shape index (κ1) is 14.6. The molecule has 1 unspecified atom stereocenters. The Morgan fingerprint density at radius 2 is 2.10 bits per heavy atom. The zero-order chi connectivity index (χ0) is 15.1. The summed E-state index contributed by atoms with van der Waals surface area (Å²) >= 11 is 0. The summed E-state index contributed by atoms with van der Waals surface area (Å²) in [7, 11) is 0. The molecule has 0 aromatic carbocycles. The van der Waals surface area contributed by atoms with Crippen LogP contribution in [0.4, 0.5) is 0 Å². The number of amides is 1. The molecule has 6 heteroatoms. The van der Waals surface area contributed by atoms with E-state index in [0.717, 1.165) is 0 Å². The molecular weight excluding hydrogens is 262 g/mol. The van der Waals surface area contributed by atoms with Gasteiger partial charge in [-0.05, 0) is 27.7 Å². The van der Waals surface area contributed by atoms with Crippen molar-refractivity contribution in [2.45, 2.75) is 34.1 Å². The number of esters is 1. The van der Waals surface area contributed by atoms with E-state index in [-0.39, 0.29) is 24.0 Å². The van der Waals surface area contributed by atoms with Crippen LogP contribution in [0.5, 0.6) is 0 Å². The van der Waals surface area contributed by atoms with Crippen molar-refractivity contribution >= 4 is 17.8 Å². The Hall–Kier alpha value is -1.85. The van der Waals surface area contributed by atoms with E-state index in [1.165, 1.54) is 4.58 Å². The lowest BCUT2D eigenvalue weighted by molar-refractivity contribution is -0.455. The lowest BCUT2D eigenvalue weighted by Gasteiger charge is -2.12. The van der Waals surface area contributed by atoms with Crippen molar-refractivity contribution in [1.82, 2.24) is 0 Å². The molecule has 0 aromatic rings. The van der Waals surface area contributed by atoms with E-state index in [9.17, 15) is 14.7 Å². The standard InChI is InChI=1S/C14H19NO5/c1-5-19-12(17)10-9(16)8-6-7-15(11(8)20-10)13(18)14(2,3)4/h8H,5-7H2,1-4H3/p+1. The van der Waals surface area contributed by atoms with E-state index in [0.29, 0.717) is 18.9 Å². The average Bonchev–Trinajstić information content (AvgIpc) is 2.88. The maximum Gasteiger partial charge on any atom is 0.394 e. The smallest absolute Gasteiger partial charge is 0.394 e. The van der Waals surface area contributed by atoms with Gasteiger partial charge in [0.05, 0.1) is 12.0 Å². The predicted molar refractivity (Wildman–Crippen MR) is 70.1 cm³/mol. The van der Waals surface area contributed by atoms with Gasteiger partial charge in [-0.2, -0.15) is 0 Å². The van der Waals surface area contributed by atoms with Crippen LogP contribution in [0, 0.1) is 11.3 Å². The Bertz CT molecular complexity index is 524. The predicted octanol–water partition coefficient (Wildman–Crippen LogP) is 1.35. The summed E-state index contributed by atoms with van der Waals surface area (Å²) in [4.78, 5) is 24.0. The number of carbonyl (C=O) groups is 2. The minimum Gasteiger partial charge on any atom is -0.507 e. The van der Waals surface area contributed by atoms with Gasteiger partial charge in [0, 0.05) is 6.42 Å². The molecule has 2 aliphatic rings. The number of hydrogen-bond donors (Lipinski definition) is 1. The number of nitrogens with zero attached hydrogens (tertiary/aromatic N) is 1. The van der Waals surface area contributed by atoms with Crippen LogP contribution in [0.1, 0.15) is 34.1 Å². The van der Waals surface area contributed by atoms with Crippen LogP contribution < -0.4 is 0 Å². The average molecular weight is 282 g/mol. The molecule has 6 nitrogen and oxygen atoms in total. The maximum absolute atomic E-state index is 12.3. The van der Waals surface area contributed by atoms with Crippen LogP contribution >= 0.6 is 0 Å². The van der Waals surface area contributed by atoms with E-state index in [4.69, 9.17) is 9.47 Å². The third-order valence-electron chi connectivity index (χ3n) is 3.32. The van der Waals surface area contributed by atoms with Crippen molar-refractivity contribution in [3.8, 4) is 0 Å². The number of ether oxygens (including phenoxy) is 2. The lowest BCUT2D eigenvalue weighted by Crippen LogP contribution is -2.34. The molecule has 0 spiro atoms.